The second kappa shape index (κ2) is 7.28. The third kappa shape index (κ3) is 2.90. The highest BCUT2D eigenvalue weighted by Gasteiger charge is 2.17. The largest absolute Gasteiger partial charge is 0.507 e. The molecule has 0 amide bonds. The van der Waals surface area contributed by atoms with E-state index in [1.807, 2.05) is 84.9 Å². The van der Waals surface area contributed by atoms with Gasteiger partial charge in [0.25, 0.3) is 0 Å². The van der Waals surface area contributed by atoms with E-state index in [1.165, 1.54) is 0 Å². The Hall–Kier alpha value is -4.50. The van der Waals surface area contributed by atoms with Crippen molar-refractivity contribution in [2.45, 2.75) is 0 Å². The highest BCUT2D eigenvalue weighted by Crippen LogP contribution is 2.44. The summed E-state index contributed by atoms with van der Waals surface area (Å²) >= 11 is 0. The van der Waals surface area contributed by atoms with Crippen molar-refractivity contribution in [1.82, 2.24) is 0 Å². The average Bonchev–Trinajstić information content (AvgIpc) is 2.84. The molecule has 0 spiro atoms. The zero-order valence-electron chi connectivity index (χ0n) is 17.7. The molecule has 0 saturated heterocycles. The Morgan fingerprint density at radius 3 is 1.64 bits per heavy atom. The number of phenolic OH excluding ortho intramolecular Hbond substituents is 3. The van der Waals surface area contributed by atoms with Gasteiger partial charge in [0.15, 0.2) is 0 Å². The Kier molecular flexibility index (Phi) is 4.24. The van der Waals surface area contributed by atoms with Crippen LogP contribution in [0.25, 0.3) is 54.6 Å². The lowest BCUT2D eigenvalue weighted by atomic mass is 9.88. The number of rotatable bonds is 2. The standard InChI is InChI=1S/C30H20O3/c31-26-13-4-9-19-20(8-3-10-22(19)26)25-17-16-21(24-12-5-15-28(33)30(24)25)23-11-1-6-18-7-2-14-27(32)29(18)23/h1-17,31-33H. The van der Waals surface area contributed by atoms with Crippen LogP contribution in [0.1, 0.15) is 0 Å². The summed E-state index contributed by atoms with van der Waals surface area (Å²) in [5.74, 6) is 0.640. The average molecular weight is 428 g/mol. The van der Waals surface area contributed by atoms with Crippen LogP contribution in [-0.4, -0.2) is 15.3 Å². The number of fused-ring (bicyclic) bond motifs is 3. The van der Waals surface area contributed by atoms with E-state index in [9.17, 15) is 15.3 Å². The van der Waals surface area contributed by atoms with Gasteiger partial charge in [-0.2, -0.15) is 0 Å². The van der Waals surface area contributed by atoms with Gasteiger partial charge in [-0.1, -0.05) is 84.9 Å². The number of aromatic hydroxyl groups is 3. The van der Waals surface area contributed by atoms with Gasteiger partial charge in [0.1, 0.15) is 17.2 Å². The van der Waals surface area contributed by atoms with Gasteiger partial charge in [0.2, 0.25) is 0 Å². The van der Waals surface area contributed by atoms with Gasteiger partial charge in [-0.3, -0.25) is 0 Å². The van der Waals surface area contributed by atoms with Crippen LogP contribution >= 0.6 is 0 Å². The first kappa shape index (κ1) is 19.2. The molecular weight excluding hydrogens is 408 g/mol. The normalized spacial score (nSPS) is 11.4. The van der Waals surface area contributed by atoms with Gasteiger partial charge in [0.05, 0.1) is 0 Å². The fourth-order valence-electron chi connectivity index (χ4n) is 4.92. The quantitative estimate of drug-likeness (QED) is 0.266. The molecule has 0 atom stereocenters. The molecule has 3 heteroatoms. The minimum atomic E-state index is 0.186. The van der Waals surface area contributed by atoms with Crippen molar-refractivity contribution in [3.05, 3.63) is 103 Å². The summed E-state index contributed by atoms with van der Waals surface area (Å²) in [5, 5.41) is 37.0. The first-order chi connectivity index (χ1) is 16.1. The Labute approximate surface area is 190 Å². The molecule has 0 aliphatic heterocycles. The van der Waals surface area contributed by atoms with Gasteiger partial charge in [0, 0.05) is 16.2 Å². The van der Waals surface area contributed by atoms with Crippen LogP contribution in [0.4, 0.5) is 0 Å². The van der Waals surface area contributed by atoms with Crippen LogP contribution in [0.3, 0.4) is 0 Å². The highest BCUT2D eigenvalue weighted by molar-refractivity contribution is 6.15. The maximum atomic E-state index is 11.0. The third-order valence-corrected chi connectivity index (χ3v) is 6.38. The Bertz CT molecular complexity index is 1690. The van der Waals surface area contributed by atoms with Crippen LogP contribution in [0.2, 0.25) is 0 Å². The lowest BCUT2D eigenvalue weighted by molar-refractivity contribution is 0.481. The fourth-order valence-corrected chi connectivity index (χ4v) is 4.92. The monoisotopic (exact) mass is 428 g/mol. The molecule has 0 saturated carbocycles. The van der Waals surface area contributed by atoms with Gasteiger partial charge in [-0.05, 0) is 56.6 Å². The predicted octanol–water partition coefficient (Wildman–Crippen LogP) is 7.60. The van der Waals surface area contributed by atoms with Gasteiger partial charge in [-0.15, -0.1) is 0 Å². The zero-order chi connectivity index (χ0) is 22.5. The molecule has 0 unspecified atom stereocenters. The lowest BCUT2D eigenvalue weighted by Gasteiger charge is -2.16. The van der Waals surface area contributed by atoms with Gasteiger partial charge >= 0.3 is 0 Å². The second-order valence-corrected chi connectivity index (χ2v) is 8.22. The molecule has 0 bridgehead atoms. The van der Waals surface area contributed by atoms with Crippen LogP contribution in [0.15, 0.2) is 103 Å². The van der Waals surface area contributed by atoms with E-state index >= 15 is 0 Å². The lowest BCUT2D eigenvalue weighted by Crippen LogP contribution is -1.89. The molecule has 3 nitrogen and oxygen atoms in total. The van der Waals surface area contributed by atoms with E-state index in [4.69, 9.17) is 0 Å². The molecule has 0 aromatic heterocycles. The minimum absolute atomic E-state index is 0.186. The van der Waals surface area contributed by atoms with Crippen molar-refractivity contribution in [3.63, 3.8) is 0 Å². The SMILES string of the molecule is Oc1cccc2c(-c3ccc(-c4cccc5cccc(O)c45)c4cccc(O)c34)cccc12. The Balaban J connectivity index is 1.72. The van der Waals surface area contributed by atoms with Crippen molar-refractivity contribution in [2.75, 3.05) is 0 Å². The maximum absolute atomic E-state index is 11.0. The summed E-state index contributed by atoms with van der Waals surface area (Å²) in [4.78, 5) is 0. The van der Waals surface area contributed by atoms with Crippen molar-refractivity contribution in [1.29, 1.82) is 0 Å². The molecule has 0 aliphatic carbocycles. The predicted molar refractivity (Wildman–Crippen MR) is 135 cm³/mol. The first-order valence-electron chi connectivity index (χ1n) is 10.8. The highest BCUT2D eigenvalue weighted by atomic mass is 16.3. The van der Waals surface area contributed by atoms with E-state index in [2.05, 4.69) is 0 Å². The molecule has 0 heterocycles. The Morgan fingerprint density at radius 1 is 0.333 bits per heavy atom. The van der Waals surface area contributed by atoms with Crippen molar-refractivity contribution >= 4 is 32.3 Å². The molecule has 6 rings (SSSR count). The minimum Gasteiger partial charge on any atom is -0.507 e. The van der Waals surface area contributed by atoms with Crippen molar-refractivity contribution < 1.29 is 15.3 Å². The van der Waals surface area contributed by atoms with E-state index in [1.54, 1.807) is 18.2 Å². The first-order valence-corrected chi connectivity index (χ1v) is 10.8. The molecule has 0 aliphatic rings. The summed E-state index contributed by atoms with van der Waals surface area (Å²) in [5.41, 5.74) is 3.65. The van der Waals surface area contributed by atoms with Gasteiger partial charge in [-0.25, -0.2) is 0 Å². The summed E-state index contributed by atoms with van der Waals surface area (Å²) in [7, 11) is 0. The molecule has 6 aromatic carbocycles. The number of phenols is 3. The van der Waals surface area contributed by atoms with E-state index in [0.29, 0.717) is 0 Å². The molecular formula is C30H20O3. The van der Waals surface area contributed by atoms with Crippen molar-refractivity contribution in [2.24, 2.45) is 0 Å². The number of benzene rings is 6. The molecule has 6 aromatic rings. The van der Waals surface area contributed by atoms with Gasteiger partial charge < -0.3 is 15.3 Å². The molecule has 33 heavy (non-hydrogen) atoms. The number of hydrogen-bond donors (Lipinski definition) is 3. The van der Waals surface area contributed by atoms with E-state index in [-0.39, 0.29) is 17.2 Å². The molecule has 0 radical (unpaired) electrons. The topological polar surface area (TPSA) is 60.7 Å². The second-order valence-electron chi connectivity index (χ2n) is 8.22. The van der Waals surface area contributed by atoms with Crippen LogP contribution < -0.4 is 0 Å². The summed E-state index contributed by atoms with van der Waals surface area (Å²) in [6.07, 6.45) is 0. The van der Waals surface area contributed by atoms with Crippen LogP contribution in [-0.2, 0) is 0 Å². The zero-order valence-corrected chi connectivity index (χ0v) is 17.7. The third-order valence-electron chi connectivity index (χ3n) is 6.38. The van der Waals surface area contributed by atoms with E-state index < -0.39 is 0 Å². The Morgan fingerprint density at radius 2 is 0.818 bits per heavy atom. The number of hydrogen-bond acceptors (Lipinski definition) is 3. The molecule has 3 N–H and O–H groups in total. The van der Waals surface area contributed by atoms with Crippen LogP contribution in [0.5, 0.6) is 17.2 Å². The summed E-state index contributed by atoms with van der Waals surface area (Å²) in [6.45, 7) is 0. The van der Waals surface area contributed by atoms with E-state index in [0.717, 1.165) is 54.6 Å². The smallest absolute Gasteiger partial charge is 0.124 e. The summed E-state index contributed by atoms with van der Waals surface area (Å²) in [6, 6.07) is 32.4. The molecule has 158 valence electrons. The van der Waals surface area contributed by atoms with Crippen LogP contribution in [0, 0.1) is 0 Å². The molecule has 0 fully saturated rings. The fraction of sp³-hybridized carbons (Fsp3) is 0. The maximum Gasteiger partial charge on any atom is 0.124 e. The summed E-state index contributed by atoms with van der Waals surface area (Å²) < 4.78 is 0. The van der Waals surface area contributed by atoms with Crippen molar-refractivity contribution in [3.8, 4) is 39.5 Å².